The van der Waals surface area contributed by atoms with Gasteiger partial charge < -0.3 is 10.2 Å². The van der Waals surface area contributed by atoms with Crippen LogP contribution in [0.5, 0.6) is 0 Å². The molecule has 0 aliphatic carbocycles. The predicted octanol–water partition coefficient (Wildman–Crippen LogP) is 3.29. The molecule has 0 spiro atoms. The van der Waals surface area contributed by atoms with Crippen molar-refractivity contribution < 1.29 is 4.39 Å². The molecule has 1 N–H and O–H groups in total. The molecule has 0 aliphatic heterocycles. The molecule has 1 aromatic heterocycles. The SMILES string of the molecule is CN=C(NCc1cccc(Cn2cncn2)c1)N(C)Cc1cccc(F)c1.I. The summed E-state index contributed by atoms with van der Waals surface area (Å²) in [6.07, 6.45) is 3.23. The van der Waals surface area contributed by atoms with Crippen LogP contribution in [0.4, 0.5) is 4.39 Å². The minimum Gasteiger partial charge on any atom is -0.352 e. The Labute approximate surface area is 181 Å². The standard InChI is InChI=1S/C20H23FN6.HI/c1-22-20(26(2)12-18-7-4-8-19(21)10-18)24-11-16-5-3-6-17(9-16)13-27-15-23-14-25-27;/h3-10,14-15H,11-13H2,1-2H3,(H,22,24);1H. The van der Waals surface area contributed by atoms with Gasteiger partial charge in [0.1, 0.15) is 18.5 Å². The lowest BCUT2D eigenvalue weighted by Gasteiger charge is -2.22. The van der Waals surface area contributed by atoms with Gasteiger partial charge >= 0.3 is 0 Å². The van der Waals surface area contributed by atoms with Crippen molar-refractivity contribution in [2.24, 2.45) is 4.99 Å². The zero-order chi connectivity index (χ0) is 19.1. The van der Waals surface area contributed by atoms with E-state index in [0.29, 0.717) is 19.6 Å². The third-order valence-electron chi connectivity index (χ3n) is 4.14. The first-order chi connectivity index (χ1) is 13.1. The van der Waals surface area contributed by atoms with Crippen molar-refractivity contribution in [2.75, 3.05) is 14.1 Å². The van der Waals surface area contributed by atoms with Crippen LogP contribution in [0.25, 0.3) is 0 Å². The van der Waals surface area contributed by atoms with Crippen LogP contribution in [0.15, 0.2) is 66.2 Å². The van der Waals surface area contributed by atoms with Gasteiger partial charge in [-0.25, -0.2) is 14.1 Å². The van der Waals surface area contributed by atoms with Gasteiger partial charge in [0.2, 0.25) is 0 Å². The molecule has 0 saturated heterocycles. The Morgan fingerprint density at radius 2 is 1.89 bits per heavy atom. The summed E-state index contributed by atoms with van der Waals surface area (Å²) in [5.74, 6) is 0.522. The van der Waals surface area contributed by atoms with Crippen molar-refractivity contribution in [1.82, 2.24) is 25.0 Å². The number of hydrogen-bond acceptors (Lipinski definition) is 3. The summed E-state index contributed by atoms with van der Waals surface area (Å²) in [5, 5.41) is 7.49. The third kappa shape index (κ3) is 6.29. The summed E-state index contributed by atoms with van der Waals surface area (Å²) < 4.78 is 15.2. The largest absolute Gasteiger partial charge is 0.352 e. The van der Waals surface area contributed by atoms with Crippen LogP contribution in [-0.2, 0) is 19.6 Å². The van der Waals surface area contributed by atoms with E-state index in [-0.39, 0.29) is 29.8 Å². The second kappa shape index (κ2) is 10.7. The molecular weight excluding hydrogens is 470 g/mol. The van der Waals surface area contributed by atoms with Crippen molar-refractivity contribution in [2.45, 2.75) is 19.6 Å². The Bertz CT molecular complexity index is 897. The van der Waals surface area contributed by atoms with Gasteiger partial charge in [-0.1, -0.05) is 36.4 Å². The number of aromatic nitrogens is 3. The highest BCUT2D eigenvalue weighted by atomic mass is 127. The monoisotopic (exact) mass is 494 g/mol. The Kier molecular flexibility index (Phi) is 8.37. The molecule has 3 aromatic rings. The molecule has 28 heavy (non-hydrogen) atoms. The van der Waals surface area contributed by atoms with Crippen LogP contribution in [-0.4, -0.2) is 39.7 Å². The molecule has 0 atom stereocenters. The molecule has 0 fully saturated rings. The Balaban J connectivity index is 0.00000280. The van der Waals surface area contributed by atoms with E-state index >= 15 is 0 Å². The molecular formula is C20H24FIN6. The van der Waals surface area contributed by atoms with E-state index in [9.17, 15) is 4.39 Å². The second-order valence-electron chi connectivity index (χ2n) is 6.30. The smallest absolute Gasteiger partial charge is 0.193 e. The number of guanidine groups is 1. The molecule has 1 heterocycles. The highest BCUT2D eigenvalue weighted by Gasteiger charge is 2.07. The minimum absolute atomic E-state index is 0. The Hall–Kier alpha value is -2.49. The van der Waals surface area contributed by atoms with Crippen LogP contribution >= 0.6 is 24.0 Å². The van der Waals surface area contributed by atoms with E-state index in [4.69, 9.17) is 0 Å². The fourth-order valence-electron chi connectivity index (χ4n) is 2.89. The van der Waals surface area contributed by atoms with Crippen molar-refractivity contribution in [3.8, 4) is 0 Å². The maximum absolute atomic E-state index is 13.4. The highest BCUT2D eigenvalue weighted by molar-refractivity contribution is 14.0. The molecule has 3 rings (SSSR count). The highest BCUT2D eigenvalue weighted by Crippen LogP contribution is 2.09. The lowest BCUT2D eigenvalue weighted by molar-refractivity contribution is 0.474. The number of aliphatic imine (C=N–C) groups is 1. The van der Waals surface area contributed by atoms with Gasteiger partial charge in [0, 0.05) is 27.2 Å². The third-order valence-corrected chi connectivity index (χ3v) is 4.14. The Morgan fingerprint density at radius 3 is 2.61 bits per heavy atom. The van der Waals surface area contributed by atoms with Gasteiger partial charge in [-0.15, -0.1) is 24.0 Å². The number of hydrogen-bond donors (Lipinski definition) is 1. The predicted molar refractivity (Wildman–Crippen MR) is 119 cm³/mol. The molecule has 0 unspecified atom stereocenters. The summed E-state index contributed by atoms with van der Waals surface area (Å²) in [7, 11) is 3.67. The molecule has 0 radical (unpaired) electrons. The molecule has 0 saturated carbocycles. The van der Waals surface area contributed by atoms with Crippen molar-refractivity contribution in [1.29, 1.82) is 0 Å². The molecule has 6 nitrogen and oxygen atoms in total. The number of halogens is 2. The number of nitrogens with zero attached hydrogens (tertiary/aromatic N) is 5. The van der Waals surface area contributed by atoms with E-state index in [1.165, 1.54) is 18.5 Å². The van der Waals surface area contributed by atoms with Gasteiger partial charge in [0.25, 0.3) is 0 Å². The van der Waals surface area contributed by atoms with Crippen LogP contribution < -0.4 is 5.32 Å². The van der Waals surface area contributed by atoms with E-state index in [2.05, 4.69) is 38.6 Å². The number of nitrogens with one attached hydrogen (secondary N) is 1. The van der Waals surface area contributed by atoms with Gasteiger partial charge in [0.15, 0.2) is 5.96 Å². The van der Waals surface area contributed by atoms with Crippen molar-refractivity contribution in [3.05, 3.63) is 83.7 Å². The summed E-state index contributed by atoms with van der Waals surface area (Å²) in [6.45, 7) is 1.90. The van der Waals surface area contributed by atoms with Gasteiger partial charge in [0.05, 0.1) is 6.54 Å². The fourth-order valence-corrected chi connectivity index (χ4v) is 2.89. The lowest BCUT2D eigenvalue weighted by atomic mass is 10.1. The van der Waals surface area contributed by atoms with Crippen LogP contribution in [0.2, 0.25) is 0 Å². The number of rotatable bonds is 6. The van der Waals surface area contributed by atoms with Gasteiger partial charge in [-0.3, -0.25) is 4.99 Å². The summed E-state index contributed by atoms with van der Waals surface area (Å²) in [5.41, 5.74) is 3.20. The van der Waals surface area contributed by atoms with E-state index in [0.717, 1.165) is 22.6 Å². The van der Waals surface area contributed by atoms with Crippen LogP contribution in [0.1, 0.15) is 16.7 Å². The first-order valence-corrected chi connectivity index (χ1v) is 8.70. The van der Waals surface area contributed by atoms with Gasteiger partial charge in [-0.2, -0.15) is 5.10 Å². The lowest BCUT2D eigenvalue weighted by Crippen LogP contribution is -2.38. The van der Waals surface area contributed by atoms with Crippen molar-refractivity contribution >= 4 is 29.9 Å². The van der Waals surface area contributed by atoms with E-state index < -0.39 is 0 Å². The zero-order valence-electron chi connectivity index (χ0n) is 15.9. The maximum atomic E-state index is 13.4. The van der Waals surface area contributed by atoms with Crippen LogP contribution in [0.3, 0.4) is 0 Å². The van der Waals surface area contributed by atoms with E-state index in [1.807, 2.05) is 24.1 Å². The molecule has 0 bridgehead atoms. The topological polar surface area (TPSA) is 58.3 Å². The summed E-state index contributed by atoms with van der Waals surface area (Å²) in [6, 6.07) is 14.9. The molecule has 0 aliphatic rings. The summed E-state index contributed by atoms with van der Waals surface area (Å²) >= 11 is 0. The first kappa shape index (κ1) is 21.8. The molecule has 8 heteroatoms. The fraction of sp³-hybridized carbons (Fsp3) is 0.250. The van der Waals surface area contributed by atoms with Gasteiger partial charge in [-0.05, 0) is 28.8 Å². The number of benzene rings is 2. The van der Waals surface area contributed by atoms with Crippen LogP contribution in [0, 0.1) is 5.82 Å². The van der Waals surface area contributed by atoms with E-state index in [1.54, 1.807) is 24.1 Å². The summed E-state index contributed by atoms with van der Waals surface area (Å²) in [4.78, 5) is 10.3. The zero-order valence-corrected chi connectivity index (χ0v) is 18.2. The average molecular weight is 494 g/mol. The normalized spacial score (nSPS) is 11.0. The minimum atomic E-state index is -0.229. The second-order valence-corrected chi connectivity index (χ2v) is 6.30. The maximum Gasteiger partial charge on any atom is 0.193 e. The molecule has 2 aromatic carbocycles. The molecule has 0 amide bonds. The average Bonchev–Trinajstić information content (AvgIpc) is 3.15. The Morgan fingerprint density at radius 1 is 1.14 bits per heavy atom. The molecule has 148 valence electrons. The first-order valence-electron chi connectivity index (χ1n) is 8.70. The quantitative estimate of drug-likeness (QED) is 0.325. The van der Waals surface area contributed by atoms with Crippen molar-refractivity contribution in [3.63, 3.8) is 0 Å².